The van der Waals surface area contributed by atoms with Gasteiger partial charge >= 0.3 is 5.97 Å². The second-order valence-corrected chi connectivity index (χ2v) is 7.16. The van der Waals surface area contributed by atoms with E-state index in [1.807, 2.05) is 60.7 Å². The van der Waals surface area contributed by atoms with E-state index < -0.39 is 17.9 Å². The zero-order valence-electron chi connectivity index (χ0n) is 17.4. The molecule has 8 nitrogen and oxygen atoms in total. The quantitative estimate of drug-likeness (QED) is 0.439. The van der Waals surface area contributed by atoms with Crippen molar-refractivity contribution in [1.82, 2.24) is 19.9 Å². The average Bonchev–Trinajstić information content (AvgIpc) is 3.25. The monoisotopic (exact) mass is 430 g/mol. The van der Waals surface area contributed by atoms with Gasteiger partial charge in [0.15, 0.2) is 5.65 Å². The Bertz CT molecular complexity index is 1300. The molecule has 0 fully saturated rings. The van der Waals surface area contributed by atoms with Gasteiger partial charge in [0.05, 0.1) is 12.3 Å². The number of carbonyl (C=O) groups excluding carboxylic acids is 2. The summed E-state index contributed by atoms with van der Waals surface area (Å²) < 4.78 is 6.34. The molecule has 1 atom stereocenters. The van der Waals surface area contributed by atoms with E-state index in [0.29, 0.717) is 5.69 Å². The van der Waals surface area contributed by atoms with Crippen LogP contribution in [0.15, 0.2) is 77.7 Å². The highest BCUT2D eigenvalue weighted by Gasteiger charge is 2.25. The molecule has 0 aliphatic rings. The molecule has 2 aromatic carbocycles. The average molecular weight is 430 g/mol. The Morgan fingerprint density at radius 2 is 1.78 bits per heavy atom. The maximum absolute atomic E-state index is 13.1. The van der Waals surface area contributed by atoms with Crippen molar-refractivity contribution in [1.29, 1.82) is 0 Å². The minimum absolute atomic E-state index is 0.155. The molecule has 0 aliphatic carbocycles. The Kier molecular flexibility index (Phi) is 6.12. The molecule has 0 unspecified atom stereocenters. The molecule has 0 saturated carbocycles. The minimum atomic E-state index is -0.885. The molecule has 2 aromatic heterocycles. The van der Waals surface area contributed by atoms with Gasteiger partial charge in [0.2, 0.25) is 0 Å². The first-order valence-electron chi connectivity index (χ1n) is 10.2. The van der Waals surface area contributed by atoms with Crippen LogP contribution >= 0.6 is 0 Å². The van der Waals surface area contributed by atoms with Crippen molar-refractivity contribution in [3.05, 3.63) is 94.4 Å². The number of ether oxygens (including phenoxy) is 1. The van der Waals surface area contributed by atoms with Gasteiger partial charge in [-0.25, -0.2) is 14.3 Å². The highest BCUT2D eigenvalue weighted by atomic mass is 16.5. The predicted molar refractivity (Wildman–Crippen MR) is 119 cm³/mol. The number of nitrogens with zero attached hydrogens (tertiary/aromatic N) is 2. The lowest BCUT2D eigenvalue weighted by molar-refractivity contribution is -0.145. The molecule has 162 valence electrons. The highest BCUT2D eigenvalue weighted by Crippen LogP contribution is 2.17. The van der Waals surface area contributed by atoms with Crippen LogP contribution in [-0.4, -0.2) is 39.1 Å². The molecule has 8 heteroatoms. The first kappa shape index (κ1) is 21.0. The number of fused-ring (bicyclic) bond motifs is 1. The number of benzene rings is 2. The van der Waals surface area contributed by atoms with Crippen LogP contribution < -0.4 is 10.9 Å². The molecule has 4 aromatic rings. The molecular weight excluding hydrogens is 408 g/mol. The summed E-state index contributed by atoms with van der Waals surface area (Å²) in [6.07, 6.45) is 1.68. The summed E-state index contributed by atoms with van der Waals surface area (Å²) in [6.45, 7) is 1.91. The van der Waals surface area contributed by atoms with Crippen LogP contribution in [-0.2, 0) is 16.0 Å². The van der Waals surface area contributed by atoms with E-state index in [-0.39, 0.29) is 29.8 Å². The second-order valence-electron chi connectivity index (χ2n) is 7.16. The fourth-order valence-corrected chi connectivity index (χ4v) is 3.43. The van der Waals surface area contributed by atoms with Gasteiger partial charge in [-0.2, -0.15) is 0 Å². The Morgan fingerprint density at radius 1 is 1.09 bits per heavy atom. The van der Waals surface area contributed by atoms with Gasteiger partial charge < -0.3 is 10.1 Å². The van der Waals surface area contributed by atoms with Crippen LogP contribution in [0.25, 0.3) is 16.9 Å². The Hall–Kier alpha value is -4.20. The maximum atomic E-state index is 13.1. The number of carbonyl (C=O) groups is 2. The van der Waals surface area contributed by atoms with Crippen LogP contribution in [0.2, 0.25) is 0 Å². The van der Waals surface area contributed by atoms with Crippen LogP contribution in [0.5, 0.6) is 0 Å². The molecule has 1 amide bonds. The first-order chi connectivity index (χ1) is 15.6. The molecule has 2 N–H and O–H groups in total. The van der Waals surface area contributed by atoms with Gasteiger partial charge in [-0.1, -0.05) is 60.7 Å². The van der Waals surface area contributed by atoms with Crippen molar-refractivity contribution in [2.75, 3.05) is 6.61 Å². The molecule has 0 radical (unpaired) electrons. The van der Waals surface area contributed by atoms with Crippen molar-refractivity contribution in [3.63, 3.8) is 0 Å². The number of esters is 1. The third kappa shape index (κ3) is 4.44. The minimum Gasteiger partial charge on any atom is -0.464 e. The van der Waals surface area contributed by atoms with Crippen molar-refractivity contribution in [2.45, 2.75) is 19.4 Å². The number of aromatic amines is 1. The first-order valence-corrected chi connectivity index (χ1v) is 10.2. The smallest absolute Gasteiger partial charge is 0.328 e. The van der Waals surface area contributed by atoms with Crippen LogP contribution in [0, 0.1) is 0 Å². The van der Waals surface area contributed by atoms with Crippen molar-refractivity contribution >= 4 is 17.5 Å². The lowest BCUT2D eigenvalue weighted by Crippen LogP contribution is -2.43. The molecule has 0 bridgehead atoms. The largest absolute Gasteiger partial charge is 0.464 e. The molecular formula is C24H22N4O4. The third-order valence-electron chi connectivity index (χ3n) is 4.97. The van der Waals surface area contributed by atoms with Crippen molar-refractivity contribution in [2.24, 2.45) is 0 Å². The summed E-state index contributed by atoms with van der Waals surface area (Å²) in [6, 6.07) is 19.1. The SMILES string of the molecule is CCOC(=O)[C@H](Cc1ccccc1)NC(=O)c1c[nH]n2c(=O)cc(-c3ccccc3)nc12. The van der Waals surface area contributed by atoms with E-state index >= 15 is 0 Å². The number of nitrogens with one attached hydrogen (secondary N) is 2. The fourth-order valence-electron chi connectivity index (χ4n) is 3.43. The van der Waals surface area contributed by atoms with Gasteiger partial charge in [-0.05, 0) is 12.5 Å². The fraction of sp³-hybridized carbons (Fsp3) is 0.167. The third-order valence-corrected chi connectivity index (χ3v) is 4.97. The zero-order chi connectivity index (χ0) is 22.5. The Labute approximate surface area is 183 Å². The Morgan fingerprint density at radius 3 is 2.47 bits per heavy atom. The van der Waals surface area contributed by atoms with Gasteiger partial charge in [0.25, 0.3) is 11.5 Å². The molecule has 32 heavy (non-hydrogen) atoms. The topological polar surface area (TPSA) is 106 Å². The molecule has 0 spiro atoms. The normalized spacial score (nSPS) is 11.8. The van der Waals surface area contributed by atoms with Gasteiger partial charge in [-0.15, -0.1) is 0 Å². The number of amides is 1. The van der Waals surface area contributed by atoms with Crippen LogP contribution in [0.1, 0.15) is 22.8 Å². The molecule has 2 heterocycles. The van der Waals surface area contributed by atoms with E-state index in [0.717, 1.165) is 11.1 Å². The standard InChI is InChI=1S/C24H22N4O4/c1-2-32-24(31)20(13-16-9-5-3-6-10-16)27-23(30)18-15-25-28-21(29)14-19(26-22(18)28)17-11-7-4-8-12-17/h3-12,14-15,20,25H,2,13H2,1H3,(H,27,30)/t20-/m0/s1. The van der Waals surface area contributed by atoms with E-state index in [9.17, 15) is 14.4 Å². The van der Waals surface area contributed by atoms with Gasteiger partial charge in [-0.3, -0.25) is 14.7 Å². The second kappa shape index (κ2) is 9.30. The molecule has 0 saturated heterocycles. The van der Waals surface area contributed by atoms with Crippen molar-refractivity contribution in [3.8, 4) is 11.3 Å². The van der Waals surface area contributed by atoms with Crippen LogP contribution in [0.4, 0.5) is 0 Å². The summed E-state index contributed by atoms with van der Waals surface area (Å²) in [7, 11) is 0. The summed E-state index contributed by atoms with van der Waals surface area (Å²) in [5.74, 6) is -1.06. The number of aromatic nitrogens is 3. The zero-order valence-corrected chi connectivity index (χ0v) is 17.4. The molecule has 0 aliphatic heterocycles. The lowest BCUT2D eigenvalue weighted by atomic mass is 10.1. The number of H-pyrrole nitrogens is 1. The maximum Gasteiger partial charge on any atom is 0.328 e. The number of hydrogen-bond donors (Lipinski definition) is 2. The van der Waals surface area contributed by atoms with E-state index in [4.69, 9.17) is 4.74 Å². The summed E-state index contributed by atoms with van der Waals surface area (Å²) in [5.41, 5.74) is 2.08. The number of hydrogen-bond acceptors (Lipinski definition) is 5. The molecule has 4 rings (SSSR count). The van der Waals surface area contributed by atoms with Crippen LogP contribution in [0.3, 0.4) is 0 Å². The summed E-state index contributed by atoms with van der Waals surface area (Å²) >= 11 is 0. The summed E-state index contributed by atoms with van der Waals surface area (Å²) in [5, 5.41) is 5.49. The van der Waals surface area contributed by atoms with E-state index in [1.54, 1.807) is 6.92 Å². The Balaban J connectivity index is 1.66. The van der Waals surface area contributed by atoms with Gasteiger partial charge in [0.1, 0.15) is 11.6 Å². The lowest BCUT2D eigenvalue weighted by Gasteiger charge is -2.17. The van der Waals surface area contributed by atoms with E-state index in [2.05, 4.69) is 15.4 Å². The van der Waals surface area contributed by atoms with E-state index in [1.165, 1.54) is 16.8 Å². The summed E-state index contributed by atoms with van der Waals surface area (Å²) in [4.78, 5) is 42.7. The van der Waals surface area contributed by atoms with Gasteiger partial charge in [0, 0.05) is 24.2 Å². The number of rotatable bonds is 7. The van der Waals surface area contributed by atoms with Crippen molar-refractivity contribution < 1.29 is 14.3 Å². The highest BCUT2D eigenvalue weighted by molar-refractivity contribution is 6.01. The predicted octanol–water partition coefficient (Wildman–Crippen LogP) is 2.59.